The van der Waals surface area contributed by atoms with E-state index in [1.54, 1.807) is 7.11 Å². The van der Waals surface area contributed by atoms with Gasteiger partial charge in [-0.1, -0.05) is 12.1 Å². The van der Waals surface area contributed by atoms with E-state index in [9.17, 15) is 4.79 Å². The molecule has 23 heavy (non-hydrogen) atoms. The van der Waals surface area contributed by atoms with Gasteiger partial charge in [-0.2, -0.15) is 0 Å². The minimum atomic E-state index is -0.212. The van der Waals surface area contributed by atoms with Crippen LogP contribution >= 0.6 is 0 Å². The van der Waals surface area contributed by atoms with Crippen molar-refractivity contribution in [1.82, 2.24) is 10.6 Å². The number of hydrogen-bond donors (Lipinski definition) is 2. The van der Waals surface area contributed by atoms with Gasteiger partial charge in [0.05, 0.1) is 26.0 Å². The minimum Gasteiger partial charge on any atom is -0.495 e. The lowest BCUT2D eigenvalue weighted by atomic mass is 10.0. The van der Waals surface area contributed by atoms with Crippen LogP contribution in [0.1, 0.15) is 12.8 Å². The molecule has 126 valence electrons. The van der Waals surface area contributed by atoms with E-state index in [-0.39, 0.29) is 18.0 Å². The van der Waals surface area contributed by atoms with Crippen molar-refractivity contribution in [1.29, 1.82) is 0 Å². The summed E-state index contributed by atoms with van der Waals surface area (Å²) in [5.41, 5.74) is 1.13. The Kier molecular flexibility index (Phi) is 5.35. The van der Waals surface area contributed by atoms with Crippen molar-refractivity contribution in [2.75, 3.05) is 44.9 Å². The molecule has 0 aromatic heterocycles. The molecular formula is C17H25N3O3. The Hall–Kier alpha value is -1.79. The van der Waals surface area contributed by atoms with E-state index in [0.29, 0.717) is 13.2 Å². The number of para-hydroxylation sites is 2. The van der Waals surface area contributed by atoms with Crippen LogP contribution in [0, 0.1) is 0 Å². The predicted molar refractivity (Wildman–Crippen MR) is 89.0 cm³/mol. The number of ether oxygens (including phenoxy) is 2. The van der Waals surface area contributed by atoms with E-state index >= 15 is 0 Å². The first kappa shape index (κ1) is 16.1. The Morgan fingerprint density at radius 3 is 2.83 bits per heavy atom. The van der Waals surface area contributed by atoms with Crippen molar-refractivity contribution in [3.8, 4) is 5.75 Å². The molecule has 0 saturated carbocycles. The predicted octanol–water partition coefficient (Wildman–Crippen LogP) is 0.769. The van der Waals surface area contributed by atoms with Gasteiger partial charge in [-0.05, 0) is 25.0 Å². The number of carbonyl (C=O) groups is 1. The van der Waals surface area contributed by atoms with Gasteiger partial charge in [0.25, 0.3) is 0 Å². The second-order valence-electron chi connectivity index (χ2n) is 6.02. The highest BCUT2D eigenvalue weighted by Gasteiger charge is 2.26. The summed E-state index contributed by atoms with van der Waals surface area (Å²) in [5, 5.41) is 6.34. The van der Waals surface area contributed by atoms with Crippen LogP contribution < -0.4 is 20.3 Å². The fourth-order valence-corrected chi connectivity index (χ4v) is 3.19. The lowest BCUT2D eigenvalue weighted by Gasteiger charge is -2.35. The highest BCUT2D eigenvalue weighted by Crippen LogP contribution is 2.29. The van der Waals surface area contributed by atoms with Gasteiger partial charge in [0.2, 0.25) is 5.91 Å². The third-order valence-corrected chi connectivity index (χ3v) is 4.51. The average Bonchev–Trinajstić information content (AvgIpc) is 2.63. The third-order valence-electron chi connectivity index (χ3n) is 4.51. The van der Waals surface area contributed by atoms with Gasteiger partial charge in [-0.3, -0.25) is 4.79 Å². The SMILES string of the molecule is COc1ccccc1N1CCC(NC(=O)C2COCCN2)CC1. The van der Waals surface area contributed by atoms with Crippen LogP contribution in [0.4, 0.5) is 5.69 Å². The molecule has 6 heteroatoms. The first-order valence-electron chi connectivity index (χ1n) is 8.27. The number of hydrogen-bond acceptors (Lipinski definition) is 5. The molecule has 1 atom stereocenters. The molecule has 6 nitrogen and oxygen atoms in total. The number of anilines is 1. The summed E-state index contributed by atoms with van der Waals surface area (Å²) in [7, 11) is 1.70. The van der Waals surface area contributed by atoms with E-state index in [0.717, 1.165) is 43.9 Å². The zero-order valence-corrected chi connectivity index (χ0v) is 13.6. The number of piperidine rings is 1. The molecule has 3 rings (SSSR count). The van der Waals surface area contributed by atoms with Gasteiger partial charge >= 0.3 is 0 Å². The molecule has 2 heterocycles. The van der Waals surface area contributed by atoms with Gasteiger partial charge in [0.1, 0.15) is 11.8 Å². The maximum absolute atomic E-state index is 12.2. The lowest BCUT2D eigenvalue weighted by molar-refractivity contribution is -0.126. The monoisotopic (exact) mass is 319 g/mol. The van der Waals surface area contributed by atoms with E-state index in [1.807, 2.05) is 18.2 Å². The van der Waals surface area contributed by atoms with Crippen LogP contribution in [0.15, 0.2) is 24.3 Å². The first-order chi connectivity index (χ1) is 11.3. The van der Waals surface area contributed by atoms with Crippen LogP contribution in [0.25, 0.3) is 0 Å². The Labute approximate surface area is 137 Å². The Bertz CT molecular complexity index is 524. The first-order valence-corrected chi connectivity index (χ1v) is 8.27. The number of rotatable bonds is 4. The largest absolute Gasteiger partial charge is 0.495 e. The zero-order chi connectivity index (χ0) is 16.1. The highest BCUT2D eigenvalue weighted by atomic mass is 16.5. The molecule has 1 unspecified atom stereocenters. The Balaban J connectivity index is 1.51. The standard InChI is InChI=1S/C17H25N3O3/c1-22-16-5-3-2-4-15(16)20-9-6-13(7-10-20)19-17(21)14-12-23-11-8-18-14/h2-5,13-14,18H,6-12H2,1H3,(H,19,21). The molecule has 2 aliphatic heterocycles. The second-order valence-corrected chi connectivity index (χ2v) is 6.02. The maximum atomic E-state index is 12.2. The minimum absolute atomic E-state index is 0.0560. The Morgan fingerprint density at radius 2 is 2.13 bits per heavy atom. The van der Waals surface area contributed by atoms with Crippen molar-refractivity contribution in [2.24, 2.45) is 0 Å². The number of carbonyl (C=O) groups excluding carboxylic acids is 1. The quantitative estimate of drug-likeness (QED) is 0.858. The van der Waals surface area contributed by atoms with Gasteiger partial charge in [0, 0.05) is 25.7 Å². The van der Waals surface area contributed by atoms with Gasteiger partial charge < -0.3 is 25.0 Å². The van der Waals surface area contributed by atoms with Crippen molar-refractivity contribution < 1.29 is 14.3 Å². The summed E-state index contributed by atoms with van der Waals surface area (Å²) in [6, 6.07) is 8.10. The van der Waals surface area contributed by atoms with Crippen LogP contribution in [0.3, 0.4) is 0 Å². The van der Waals surface area contributed by atoms with Gasteiger partial charge in [0.15, 0.2) is 0 Å². The molecule has 0 spiro atoms. The zero-order valence-electron chi connectivity index (χ0n) is 13.6. The maximum Gasteiger partial charge on any atom is 0.239 e. The van der Waals surface area contributed by atoms with Crippen LogP contribution in [0.2, 0.25) is 0 Å². The Morgan fingerprint density at radius 1 is 1.35 bits per heavy atom. The van der Waals surface area contributed by atoms with E-state index in [2.05, 4.69) is 21.6 Å². The fourth-order valence-electron chi connectivity index (χ4n) is 3.19. The molecule has 2 aliphatic rings. The summed E-state index contributed by atoms with van der Waals surface area (Å²) in [5.74, 6) is 0.957. The molecule has 2 fully saturated rings. The molecule has 1 amide bonds. The molecule has 1 aromatic rings. The topological polar surface area (TPSA) is 62.8 Å². The lowest BCUT2D eigenvalue weighted by Crippen LogP contribution is -2.55. The smallest absolute Gasteiger partial charge is 0.239 e. The molecular weight excluding hydrogens is 294 g/mol. The molecule has 1 aromatic carbocycles. The number of morpholine rings is 1. The fraction of sp³-hybridized carbons (Fsp3) is 0.588. The highest BCUT2D eigenvalue weighted by molar-refractivity contribution is 5.82. The molecule has 0 radical (unpaired) electrons. The van der Waals surface area contributed by atoms with Crippen molar-refractivity contribution >= 4 is 11.6 Å². The average molecular weight is 319 g/mol. The normalized spacial score (nSPS) is 22.7. The summed E-state index contributed by atoms with van der Waals surface area (Å²) >= 11 is 0. The number of amides is 1. The van der Waals surface area contributed by atoms with Crippen LogP contribution in [-0.4, -0.2) is 57.9 Å². The number of methoxy groups -OCH3 is 1. The summed E-state index contributed by atoms with van der Waals surface area (Å²) in [4.78, 5) is 14.6. The number of nitrogens with one attached hydrogen (secondary N) is 2. The number of nitrogens with zero attached hydrogens (tertiary/aromatic N) is 1. The molecule has 2 saturated heterocycles. The molecule has 0 aliphatic carbocycles. The van der Waals surface area contributed by atoms with E-state index in [4.69, 9.17) is 9.47 Å². The number of benzene rings is 1. The van der Waals surface area contributed by atoms with Crippen molar-refractivity contribution in [3.63, 3.8) is 0 Å². The van der Waals surface area contributed by atoms with E-state index < -0.39 is 0 Å². The van der Waals surface area contributed by atoms with Gasteiger partial charge in [-0.15, -0.1) is 0 Å². The van der Waals surface area contributed by atoms with Gasteiger partial charge in [-0.25, -0.2) is 0 Å². The van der Waals surface area contributed by atoms with Crippen molar-refractivity contribution in [3.05, 3.63) is 24.3 Å². The second kappa shape index (κ2) is 7.66. The van der Waals surface area contributed by atoms with Crippen LogP contribution in [0.5, 0.6) is 5.75 Å². The van der Waals surface area contributed by atoms with Crippen LogP contribution in [-0.2, 0) is 9.53 Å². The van der Waals surface area contributed by atoms with E-state index in [1.165, 1.54) is 0 Å². The van der Waals surface area contributed by atoms with Crippen molar-refractivity contribution in [2.45, 2.75) is 24.9 Å². The summed E-state index contributed by atoms with van der Waals surface area (Å²) < 4.78 is 10.8. The molecule has 0 bridgehead atoms. The summed E-state index contributed by atoms with van der Waals surface area (Å²) in [6.07, 6.45) is 1.88. The summed E-state index contributed by atoms with van der Waals surface area (Å²) in [6.45, 7) is 3.72. The third kappa shape index (κ3) is 3.95. The molecule has 2 N–H and O–H groups in total.